The van der Waals surface area contributed by atoms with Crippen molar-refractivity contribution in [2.45, 2.75) is 72.1 Å². The van der Waals surface area contributed by atoms with E-state index < -0.39 is 0 Å². The van der Waals surface area contributed by atoms with E-state index >= 15 is 0 Å². The molecule has 67 heavy (non-hydrogen) atoms. The number of imidazole rings is 1. The topological polar surface area (TPSA) is 46.1 Å². The first-order valence-corrected chi connectivity index (χ1v) is 24.3. The Bertz CT molecular complexity index is 3590. The summed E-state index contributed by atoms with van der Waals surface area (Å²) in [6.07, 6.45) is 3.88. The average Bonchev–Trinajstić information content (AvgIpc) is 3.79. The molecule has 0 radical (unpaired) electrons. The molecule has 0 aliphatic carbocycles. The molecule has 0 bridgehead atoms. The molecular formula is C60H52N4O2Pt-2. The number of benzene rings is 7. The summed E-state index contributed by atoms with van der Waals surface area (Å²) in [7, 11) is 0. The van der Waals surface area contributed by atoms with Crippen LogP contribution in [0.15, 0.2) is 152 Å². The van der Waals surface area contributed by atoms with Gasteiger partial charge in [0.05, 0.1) is 6.61 Å². The zero-order chi connectivity index (χ0) is 46.2. The van der Waals surface area contributed by atoms with Gasteiger partial charge < -0.3 is 4.74 Å². The van der Waals surface area contributed by atoms with E-state index in [1.807, 2.05) is 30.5 Å². The van der Waals surface area contributed by atoms with Crippen molar-refractivity contribution in [1.82, 2.24) is 18.7 Å². The molecule has 1 aliphatic heterocycles. The van der Waals surface area contributed by atoms with Crippen LogP contribution in [0.4, 0.5) is 0 Å². The Kier molecular flexibility index (Phi) is 10.6. The minimum absolute atomic E-state index is 0.0388. The molecule has 7 heteroatoms. The average molecular weight is 1060 g/mol. The maximum atomic E-state index is 6.74. The van der Waals surface area contributed by atoms with Crippen LogP contribution >= 0.6 is 0 Å². The molecule has 0 fully saturated rings. The number of fused-ring (bicyclic) bond motifs is 5. The molecule has 0 spiro atoms. The Hall–Kier alpha value is -6.75. The Morgan fingerprint density at radius 2 is 1.30 bits per heavy atom. The van der Waals surface area contributed by atoms with Crippen LogP contribution in [0.1, 0.15) is 70.2 Å². The van der Waals surface area contributed by atoms with Crippen LogP contribution in [0.2, 0.25) is 0 Å². The molecule has 1 aliphatic rings. The third-order valence-electron chi connectivity index (χ3n) is 13.0. The SMILES string of the molecule is Cc1ccnc(-n2c3[c-]c(Oc4[c-]c(-n5[c](=[Pt])n(-c6c(-c7ccccc7)cccc6-c6cc(C(C)(C)C)cc(C(C)(C)C)c6)c6ccccc65)ccc4)ccc3c3cc4c(cc32)OCCC4)c1. The van der Waals surface area contributed by atoms with Gasteiger partial charge in [-0.25, -0.2) is 0 Å². The van der Waals surface area contributed by atoms with Gasteiger partial charge in [-0.1, -0.05) is 0 Å². The molecule has 7 aromatic carbocycles. The first-order chi connectivity index (χ1) is 32.3. The van der Waals surface area contributed by atoms with Gasteiger partial charge >= 0.3 is 346 Å². The zero-order valence-electron chi connectivity index (χ0n) is 39.0. The summed E-state index contributed by atoms with van der Waals surface area (Å²) in [5.41, 5.74) is 15.7. The predicted octanol–water partition coefficient (Wildman–Crippen LogP) is 14.9. The van der Waals surface area contributed by atoms with Crippen LogP contribution < -0.4 is 9.47 Å². The summed E-state index contributed by atoms with van der Waals surface area (Å²) in [6, 6.07) is 59.6. The van der Waals surface area contributed by atoms with Crippen molar-refractivity contribution < 1.29 is 28.8 Å². The van der Waals surface area contributed by atoms with Gasteiger partial charge in [-0.05, 0) is 37.0 Å². The van der Waals surface area contributed by atoms with Crippen LogP contribution in [0, 0.1) is 22.9 Å². The summed E-state index contributed by atoms with van der Waals surface area (Å²) in [4.78, 5) is 4.83. The standard InChI is InChI=1S/C60H52N4O2.Pt/c1-39-27-28-61-57(30-39)64-54-36-47(25-26-50(54)51-33-41-18-15-29-65-56(41)37-55(51)64)66-46-20-13-19-45(35-46)62-38-63(53-24-12-11-23-52(53)62)58-48(40-16-9-8-10-17-40)21-14-22-49(58)42-31-43(59(2,3)4)34-44(32-42)60(5,6)7;/h8-14,16-17,19-28,30-34,37H,15,18,29H2,1-7H3;/q-2;. The van der Waals surface area contributed by atoms with Gasteiger partial charge in [-0.15, -0.1) is 0 Å². The first-order valence-electron chi connectivity index (χ1n) is 23.1. The molecule has 11 rings (SSSR count). The molecule has 0 saturated carbocycles. The number of pyridine rings is 1. The fourth-order valence-electron chi connectivity index (χ4n) is 9.52. The van der Waals surface area contributed by atoms with Gasteiger partial charge in [0.15, 0.2) is 0 Å². The third kappa shape index (κ3) is 7.75. The molecule has 336 valence electrons. The number of rotatable bonds is 7. The number of ether oxygens (including phenoxy) is 2. The van der Waals surface area contributed by atoms with E-state index in [0.717, 1.165) is 95.7 Å². The van der Waals surface area contributed by atoms with Crippen LogP contribution in [0.5, 0.6) is 17.2 Å². The number of hydrogen-bond acceptors (Lipinski definition) is 3. The van der Waals surface area contributed by atoms with Gasteiger partial charge in [0.1, 0.15) is 5.75 Å². The molecule has 0 amide bonds. The van der Waals surface area contributed by atoms with Crippen molar-refractivity contribution in [1.29, 1.82) is 0 Å². The summed E-state index contributed by atoms with van der Waals surface area (Å²) in [5.74, 6) is 2.95. The number of aryl methyl sites for hydroxylation is 2. The van der Waals surface area contributed by atoms with Crippen molar-refractivity contribution in [3.05, 3.63) is 190 Å². The predicted molar refractivity (Wildman–Crippen MR) is 269 cm³/mol. The maximum absolute atomic E-state index is 6.74. The van der Waals surface area contributed by atoms with Crippen molar-refractivity contribution >= 4 is 32.8 Å². The zero-order valence-corrected chi connectivity index (χ0v) is 41.2. The van der Waals surface area contributed by atoms with E-state index in [9.17, 15) is 0 Å². The Morgan fingerprint density at radius 3 is 2.03 bits per heavy atom. The molecule has 6 nitrogen and oxygen atoms in total. The molecule has 0 unspecified atom stereocenters. The molecule has 10 aromatic rings. The Morgan fingerprint density at radius 1 is 0.612 bits per heavy atom. The summed E-state index contributed by atoms with van der Waals surface area (Å²) >= 11 is 2.51. The van der Waals surface area contributed by atoms with Gasteiger partial charge in [0.25, 0.3) is 0 Å². The number of para-hydroxylation sites is 3. The minimum Gasteiger partial charge on any atom is -0.493 e. The monoisotopic (exact) mass is 1060 g/mol. The van der Waals surface area contributed by atoms with Crippen molar-refractivity contribution in [2.75, 3.05) is 6.61 Å². The fourth-order valence-corrected chi connectivity index (χ4v) is 10.6. The van der Waals surface area contributed by atoms with Crippen LogP contribution in [-0.4, -0.2) is 25.3 Å². The van der Waals surface area contributed by atoms with Crippen LogP contribution in [0.25, 0.3) is 72.3 Å². The number of aromatic nitrogens is 4. The quantitative estimate of drug-likeness (QED) is 0.149. The van der Waals surface area contributed by atoms with Gasteiger partial charge in [0, 0.05) is 6.20 Å². The third-order valence-corrected chi connectivity index (χ3v) is 14.1. The second-order valence-electron chi connectivity index (χ2n) is 19.8. The molecular weight excluding hydrogens is 1000 g/mol. The second-order valence-corrected chi connectivity index (χ2v) is 20.8. The summed E-state index contributed by atoms with van der Waals surface area (Å²) < 4.78 is 20.8. The summed E-state index contributed by atoms with van der Waals surface area (Å²) in [6.45, 7) is 16.7. The van der Waals surface area contributed by atoms with Gasteiger partial charge in [0.2, 0.25) is 0 Å². The fraction of sp³-hybridized carbons (Fsp3) is 0.200. The molecule has 3 aromatic heterocycles. The normalized spacial score (nSPS) is 13.0. The molecule has 0 atom stereocenters. The van der Waals surface area contributed by atoms with Crippen LogP contribution in [0.3, 0.4) is 0 Å². The van der Waals surface area contributed by atoms with Gasteiger partial charge in [-0.3, -0.25) is 0 Å². The van der Waals surface area contributed by atoms with E-state index in [1.165, 1.54) is 27.8 Å². The van der Waals surface area contributed by atoms with Crippen molar-refractivity contribution in [3.63, 3.8) is 0 Å². The van der Waals surface area contributed by atoms with Crippen molar-refractivity contribution in [2.24, 2.45) is 0 Å². The Balaban J connectivity index is 1.07. The molecule has 0 saturated heterocycles. The first kappa shape index (κ1) is 42.9. The van der Waals surface area contributed by atoms with E-state index in [-0.39, 0.29) is 10.8 Å². The van der Waals surface area contributed by atoms with E-state index in [2.05, 4.69) is 215 Å². The minimum atomic E-state index is -0.0388. The smallest absolute Gasteiger partial charge is 0.493 e. The second kappa shape index (κ2) is 16.5. The van der Waals surface area contributed by atoms with Crippen molar-refractivity contribution in [3.8, 4) is 56.7 Å². The summed E-state index contributed by atoms with van der Waals surface area (Å²) in [5, 5.41) is 2.24. The number of nitrogens with zero attached hydrogens (tertiary/aromatic N) is 4. The van der Waals surface area contributed by atoms with Gasteiger partial charge in [-0.2, -0.15) is 0 Å². The van der Waals surface area contributed by atoms with E-state index in [1.54, 1.807) is 0 Å². The Labute approximate surface area is 403 Å². The van der Waals surface area contributed by atoms with E-state index in [0.29, 0.717) is 11.5 Å². The number of hydrogen-bond donors (Lipinski definition) is 0. The van der Waals surface area contributed by atoms with E-state index in [4.69, 9.17) is 14.5 Å². The molecule has 0 N–H and O–H groups in total. The van der Waals surface area contributed by atoms with Crippen LogP contribution in [-0.2, 0) is 36.6 Å². The molecule has 4 heterocycles.